The minimum absolute atomic E-state index is 0.148. The molecule has 6 heteroatoms. The fourth-order valence-electron chi connectivity index (χ4n) is 1.95. The van der Waals surface area contributed by atoms with Crippen LogP contribution in [0.2, 0.25) is 0 Å². The third-order valence-corrected chi connectivity index (χ3v) is 4.24. The first-order valence-corrected chi connectivity index (χ1v) is 8.00. The van der Waals surface area contributed by atoms with Crippen LogP contribution < -0.4 is 4.72 Å². The molecule has 0 fully saturated rings. The van der Waals surface area contributed by atoms with Crippen molar-refractivity contribution in [2.24, 2.45) is 0 Å². The summed E-state index contributed by atoms with van der Waals surface area (Å²) in [6, 6.07) is 10.6. The Hall–Kier alpha value is -1.92. The molecule has 0 heterocycles. The molecule has 112 valence electrons. The number of rotatable bonds is 5. The summed E-state index contributed by atoms with van der Waals surface area (Å²) in [7, 11) is -3.65. The quantitative estimate of drug-likeness (QED) is 0.892. The Morgan fingerprint density at radius 2 is 1.86 bits per heavy atom. The van der Waals surface area contributed by atoms with Gasteiger partial charge >= 0.3 is 0 Å². The molecule has 21 heavy (non-hydrogen) atoms. The number of halogens is 1. The minimum Gasteiger partial charge on any atom is -0.392 e. The SMILES string of the molecule is Cc1ccc(F)cc1NS(=O)(=O)Cc1cccc(CO)c1. The van der Waals surface area contributed by atoms with Gasteiger partial charge in [0.25, 0.3) is 0 Å². The van der Waals surface area contributed by atoms with Gasteiger partial charge in [-0.05, 0) is 35.7 Å². The molecule has 4 nitrogen and oxygen atoms in total. The van der Waals surface area contributed by atoms with E-state index in [4.69, 9.17) is 5.11 Å². The molecular weight excluding hydrogens is 293 g/mol. The highest BCUT2D eigenvalue weighted by atomic mass is 32.2. The number of anilines is 1. The van der Waals surface area contributed by atoms with Crippen LogP contribution in [0.4, 0.5) is 10.1 Å². The topological polar surface area (TPSA) is 66.4 Å². The second-order valence-electron chi connectivity index (χ2n) is 4.80. The summed E-state index contributed by atoms with van der Waals surface area (Å²) in [6.45, 7) is 1.55. The smallest absolute Gasteiger partial charge is 0.236 e. The zero-order chi connectivity index (χ0) is 15.5. The number of nitrogens with one attached hydrogen (secondary N) is 1. The van der Waals surface area contributed by atoms with Gasteiger partial charge in [-0.2, -0.15) is 0 Å². The zero-order valence-electron chi connectivity index (χ0n) is 11.5. The summed E-state index contributed by atoms with van der Waals surface area (Å²) in [6.07, 6.45) is 0. The predicted octanol–water partition coefficient (Wildman–Crippen LogP) is 2.57. The molecule has 0 atom stereocenters. The molecule has 0 aromatic heterocycles. The van der Waals surface area contributed by atoms with E-state index >= 15 is 0 Å². The van der Waals surface area contributed by atoms with Gasteiger partial charge in [0.15, 0.2) is 0 Å². The molecule has 0 aliphatic rings. The Morgan fingerprint density at radius 3 is 2.57 bits per heavy atom. The Bertz CT molecular complexity index is 744. The van der Waals surface area contributed by atoms with E-state index in [1.165, 1.54) is 12.1 Å². The van der Waals surface area contributed by atoms with Crippen molar-refractivity contribution in [3.8, 4) is 0 Å². The van der Waals surface area contributed by atoms with Gasteiger partial charge in [-0.3, -0.25) is 4.72 Å². The van der Waals surface area contributed by atoms with Crippen LogP contribution in [0.5, 0.6) is 0 Å². The summed E-state index contributed by atoms with van der Waals surface area (Å²) >= 11 is 0. The lowest BCUT2D eigenvalue weighted by atomic mass is 10.1. The van der Waals surface area contributed by atoms with Crippen LogP contribution >= 0.6 is 0 Å². The van der Waals surface area contributed by atoms with Crippen LogP contribution in [0.3, 0.4) is 0 Å². The Kier molecular flexibility index (Phi) is 4.59. The van der Waals surface area contributed by atoms with Crippen molar-refractivity contribution >= 4 is 15.7 Å². The first-order chi connectivity index (χ1) is 9.89. The van der Waals surface area contributed by atoms with Crippen molar-refractivity contribution in [2.75, 3.05) is 4.72 Å². The summed E-state index contributed by atoms with van der Waals surface area (Å²) in [5, 5.41) is 9.06. The molecule has 0 aliphatic heterocycles. The second kappa shape index (κ2) is 6.24. The largest absolute Gasteiger partial charge is 0.392 e. The molecule has 2 aromatic rings. The first-order valence-electron chi connectivity index (χ1n) is 6.35. The van der Waals surface area contributed by atoms with Crippen LogP contribution in [-0.4, -0.2) is 13.5 Å². The minimum atomic E-state index is -3.65. The average Bonchev–Trinajstić information content (AvgIpc) is 2.42. The number of hydrogen-bond acceptors (Lipinski definition) is 3. The fourth-order valence-corrected chi connectivity index (χ4v) is 3.19. The summed E-state index contributed by atoms with van der Waals surface area (Å²) < 4.78 is 39.8. The average molecular weight is 309 g/mol. The molecule has 0 bridgehead atoms. The summed E-state index contributed by atoms with van der Waals surface area (Å²) in [4.78, 5) is 0. The van der Waals surface area contributed by atoms with Gasteiger partial charge in [-0.25, -0.2) is 12.8 Å². The summed E-state index contributed by atoms with van der Waals surface area (Å²) in [5.74, 6) is -0.739. The predicted molar refractivity (Wildman–Crippen MR) is 79.7 cm³/mol. The van der Waals surface area contributed by atoms with Crippen LogP contribution in [-0.2, 0) is 22.4 Å². The standard InChI is InChI=1S/C15H16FNO3S/c1-11-5-6-14(16)8-15(11)17-21(19,20)10-13-4-2-3-12(7-13)9-18/h2-8,17-18H,9-10H2,1H3. The molecule has 2 N–H and O–H groups in total. The van der Waals surface area contributed by atoms with Crippen LogP contribution in [0.1, 0.15) is 16.7 Å². The lowest BCUT2D eigenvalue weighted by Gasteiger charge is -2.11. The highest BCUT2D eigenvalue weighted by Crippen LogP contribution is 2.19. The molecule has 0 unspecified atom stereocenters. The van der Waals surface area contributed by atoms with Crippen molar-refractivity contribution in [3.05, 3.63) is 65.0 Å². The van der Waals surface area contributed by atoms with Gasteiger partial charge in [0.1, 0.15) is 5.82 Å². The van der Waals surface area contributed by atoms with Gasteiger partial charge < -0.3 is 5.11 Å². The maximum absolute atomic E-state index is 13.2. The number of aliphatic hydroxyl groups excluding tert-OH is 1. The molecule has 0 aliphatic carbocycles. The van der Waals surface area contributed by atoms with Gasteiger partial charge in [0.05, 0.1) is 18.0 Å². The number of benzene rings is 2. The van der Waals surface area contributed by atoms with Crippen molar-refractivity contribution < 1.29 is 17.9 Å². The molecule has 0 saturated carbocycles. The third kappa shape index (κ3) is 4.27. The third-order valence-electron chi connectivity index (χ3n) is 3.00. The van der Waals surface area contributed by atoms with Crippen LogP contribution in [0, 0.1) is 12.7 Å². The molecular formula is C15H16FNO3S. The lowest BCUT2D eigenvalue weighted by molar-refractivity contribution is 0.282. The normalized spacial score (nSPS) is 11.4. The first kappa shape index (κ1) is 15.5. The summed E-state index contributed by atoms with van der Waals surface area (Å²) in [5.41, 5.74) is 2.07. The number of aryl methyl sites for hydroxylation is 1. The van der Waals surface area contributed by atoms with Crippen LogP contribution in [0.15, 0.2) is 42.5 Å². The number of aliphatic hydroxyl groups is 1. The maximum Gasteiger partial charge on any atom is 0.236 e. The fraction of sp³-hybridized carbons (Fsp3) is 0.200. The molecule has 0 amide bonds. The van der Waals surface area contributed by atoms with Gasteiger partial charge in [0.2, 0.25) is 10.0 Å². The Morgan fingerprint density at radius 1 is 1.14 bits per heavy atom. The highest BCUT2D eigenvalue weighted by Gasteiger charge is 2.14. The molecule has 2 aromatic carbocycles. The van der Waals surface area contributed by atoms with E-state index in [1.807, 2.05) is 0 Å². The van der Waals surface area contributed by atoms with Crippen molar-refractivity contribution in [1.29, 1.82) is 0 Å². The second-order valence-corrected chi connectivity index (χ2v) is 6.52. The van der Waals surface area contributed by atoms with Crippen molar-refractivity contribution in [3.63, 3.8) is 0 Å². The monoisotopic (exact) mass is 309 g/mol. The van der Waals surface area contributed by atoms with E-state index in [-0.39, 0.29) is 18.0 Å². The molecule has 0 saturated heterocycles. The van der Waals surface area contributed by atoms with Gasteiger partial charge in [-0.1, -0.05) is 30.3 Å². The van der Waals surface area contributed by atoms with Crippen molar-refractivity contribution in [1.82, 2.24) is 0 Å². The molecule has 0 spiro atoms. The molecule has 0 radical (unpaired) electrons. The Labute approximate surface area is 123 Å². The van der Waals surface area contributed by atoms with Crippen molar-refractivity contribution in [2.45, 2.75) is 19.3 Å². The number of hydrogen-bond donors (Lipinski definition) is 2. The zero-order valence-corrected chi connectivity index (χ0v) is 12.3. The van der Waals surface area contributed by atoms with E-state index < -0.39 is 15.8 Å². The maximum atomic E-state index is 13.2. The van der Waals surface area contributed by atoms with E-state index in [2.05, 4.69) is 4.72 Å². The Balaban J connectivity index is 2.20. The van der Waals surface area contributed by atoms with E-state index in [1.54, 1.807) is 31.2 Å². The van der Waals surface area contributed by atoms with E-state index in [0.29, 0.717) is 16.7 Å². The van der Waals surface area contributed by atoms with E-state index in [9.17, 15) is 12.8 Å². The lowest BCUT2D eigenvalue weighted by Crippen LogP contribution is -2.16. The van der Waals surface area contributed by atoms with Gasteiger partial charge in [0, 0.05) is 0 Å². The molecule has 2 rings (SSSR count). The van der Waals surface area contributed by atoms with E-state index in [0.717, 1.165) is 6.07 Å². The highest BCUT2D eigenvalue weighted by molar-refractivity contribution is 7.91. The van der Waals surface area contributed by atoms with Gasteiger partial charge in [-0.15, -0.1) is 0 Å². The number of sulfonamides is 1. The van der Waals surface area contributed by atoms with Crippen LogP contribution in [0.25, 0.3) is 0 Å².